The topological polar surface area (TPSA) is 51.5 Å². The number of benzene rings is 1. The third kappa shape index (κ3) is 3.08. The smallest absolute Gasteiger partial charge is 0.224 e. The number of carbonyl (C=O) groups is 1. The Labute approximate surface area is 140 Å². The zero-order valence-electron chi connectivity index (χ0n) is 13.3. The Bertz CT molecular complexity index is 692. The van der Waals surface area contributed by atoms with Crippen LogP contribution in [0.1, 0.15) is 42.5 Å². The van der Waals surface area contributed by atoms with Gasteiger partial charge in [0, 0.05) is 18.4 Å². The lowest BCUT2D eigenvalue weighted by atomic mass is 9.99. The van der Waals surface area contributed by atoms with Gasteiger partial charge in [-0.05, 0) is 49.1 Å². The van der Waals surface area contributed by atoms with Crippen molar-refractivity contribution in [2.24, 2.45) is 5.92 Å². The molecular weight excluding hydrogens is 309 g/mol. The molecule has 2 heterocycles. The standard InChI is InChI=1S/C19H20FNO3/c20-13-7-5-12(6-8-13)18(17-4-2-10-24-17)21-19(22)15-11-14(15)16-3-1-9-23-16/h1,3,5-9,14-15,17-18H,2,4,10-11H2,(H,21,22)/t14-,15+,17+,18-/m1/s1. The molecule has 2 fully saturated rings. The first-order chi connectivity index (χ1) is 11.7. The summed E-state index contributed by atoms with van der Waals surface area (Å²) >= 11 is 0. The van der Waals surface area contributed by atoms with Crippen LogP contribution < -0.4 is 5.32 Å². The lowest BCUT2D eigenvalue weighted by Gasteiger charge is -2.25. The molecule has 1 aromatic heterocycles. The van der Waals surface area contributed by atoms with Gasteiger partial charge in [-0.3, -0.25) is 4.79 Å². The van der Waals surface area contributed by atoms with Gasteiger partial charge in [-0.2, -0.15) is 0 Å². The van der Waals surface area contributed by atoms with Crippen molar-refractivity contribution in [2.75, 3.05) is 6.61 Å². The van der Waals surface area contributed by atoms with Crippen molar-refractivity contribution >= 4 is 5.91 Å². The lowest BCUT2D eigenvalue weighted by molar-refractivity contribution is -0.124. The third-order valence-corrected chi connectivity index (χ3v) is 4.90. The minimum atomic E-state index is -0.281. The zero-order valence-corrected chi connectivity index (χ0v) is 13.3. The van der Waals surface area contributed by atoms with E-state index >= 15 is 0 Å². The number of furan rings is 1. The summed E-state index contributed by atoms with van der Waals surface area (Å²) in [5.74, 6) is 0.710. The van der Waals surface area contributed by atoms with Crippen molar-refractivity contribution in [3.8, 4) is 0 Å². The van der Waals surface area contributed by atoms with Crippen molar-refractivity contribution in [3.05, 3.63) is 59.8 Å². The van der Waals surface area contributed by atoms with Crippen LogP contribution in [0.15, 0.2) is 47.1 Å². The van der Waals surface area contributed by atoms with Gasteiger partial charge >= 0.3 is 0 Å². The largest absolute Gasteiger partial charge is 0.469 e. The maximum Gasteiger partial charge on any atom is 0.224 e. The van der Waals surface area contributed by atoms with Crippen LogP contribution in [0.25, 0.3) is 0 Å². The first kappa shape index (κ1) is 15.4. The molecule has 1 aliphatic carbocycles. The highest BCUT2D eigenvalue weighted by Gasteiger charge is 2.46. The van der Waals surface area contributed by atoms with E-state index in [-0.39, 0.29) is 35.7 Å². The van der Waals surface area contributed by atoms with Gasteiger partial charge in [0.15, 0.2) is 0 Å². The molecule has 4 atom stereocenters. The molecule has 1 N–H and O–H groups in total. The van der Waals surface area contributed by atoms with Crippen LogP contribution >= 0.6 is 0 Å². The summed E-state index contributed by atoms with van der Waals surface area (Å²) < 4.78 is 24.4. The molecule has 0 spiro atoms. The van der Waals surface area contributed by atoms with Gasteiger partial charge in [0.05, 0.1) is 18.4 Å². The van der Waals surface area contributed by atoms with E-state index in [1.807, 2.05) is 12.1 Å². The van der Waals surface area contributed by atoms with Crippen molar-refractivity contribution in [1.82, 2.24) is 5.32 Å². The van der Waals surface area contributed by atoms with Crippen LogP contribution in [-0.4, -0.2) is 18.6 Å². The maximum absolute atomic E-state index is 13.2. The van der Waals surface area contributed by atoms with Gasteiger partial charge in [-0.1, -0.05) is 12.1 Å². The molecule has 1 amide bonds. The predicted octanol–water partition coefficient (Wildman–Crippen LogP) is 3.56. The number of hydrogen-bond donors (Lipinski definition) is 1. The van der Waals surface area contributed by atoms with Gasteiger partial charge < -0.3 is 14.5 Å². The number of carbonyl (C=O) groups excluding carboxylic acids is 1. The number of rotatable bonds is 5. The molecule has 1 aliphatic heterocycles. The second-order valence-corrected chi connectivity index (χ2v) is 6.55. The molecule has 2 aliphatic rings. The van der Waals surface area contributed by atoms with E-state index in [4.69, 9.17) is 9.15 Å². The number of amides is 1. The number of halogens is 1. The minimum Gasteiger partial charge on any atom is -0.469 e. The number of hydrogen-bond acceptors (Lipinski definition) is 3. The first-order valence-corrected chi connectivity index (χ1v) is 8.43. The molecule has 0 bridgehead atoms. The SMILES string of the molecule is O=C(N[C@H](c1ccc(F)cc1)[C@@H]1CCCO1)[C@H]1C[C@H]1c1ccco1. The zero-order chi connectivity index (χ0) is 16.5. The van der Waals surface area contributed by atoms with Gasteiger partial charge in [-0.25, -0.2) is 4.39 Å². The third-order valence-electron chi connectivity index (χ3n) is 4.90. The fourth-order valence-corrected chi connectivity index (χ4v) is 3.49. The summed E-state index contributed by atoms with van der Waals surface area (Å²) in [6.07, 6.45) is 4.27. The fraction of sp³-hybridized carbons (Fsp3) is 0.421. The number of ether oxygens (including phenoxy) is 1. The monoisotopic (exact) mass is 329 g/mol. The van der Waals surface area contributed by atoms with E-state index < -0.39 is 0 Å². The molecule has 126 valence electrons. The second kappa shape index (κ2) is 6.40. The maximum atomic E-state index is 13.2. The van der Waals surface area contributed by atoms with Gasteiger partial charge in [0.2, 0.25) is 5.91 Å². The van der Waals surface area contributed by atoms with E-state index in [9.17, 15) is 9.18 Å². The molecule has 0 unspecified atom stereocenters. The Balaban J connectivity index is 1.47. The Morgan fingerprint density at radius 1 is 1.25 bits per heavy atom. The molecule has 4 rings (SSSR count). The second-order valence-electron chi connectivity index (χ2n) is 6.55. The van der Waals surface area contributed by atoms with Crippen molar-refractivity contribution in [2.45, 2.75) is 37.3 Å². The highest BCUT2D eigenvalue weighted by atomic mass is 19.1. The Hall–Kier alpha value is -2.14. The summed E-state index contributed by atoms with van der Waals surface area (Å²) in [7, 11) is 0. The number of nitrogens with one attached hydrogen (secondary N) is 1. The van der Waals surface area contributed by atoms with Crippen molar-refractivity contribution < 1.29 is 18.3 Å². The van der Waals surface area contributed by atoms with Crippen LogP contribution in [0.2, 0.25) is 0 Å². The Morgan fingerprint density at radius 2 is 2.08 bits per heavy atom. The van der Waals surface area contributed by atoms with Crippen LogP contribution in [0.3, 0.4) is 0 Å². The molecule has 5 heteroatoms. The van der Waals surface area contributed by atoms with Gasteiger partial charge in [-0.15, -0.1) is 0 Å². The average molecular weight is 329 g/mol. The molecule has 24 heavy (non-hydrogen) atoms. The van der Waals surface area contributed by atoms with Crippen LogP contribution in [0.4, 0.5) is 4.39 Å². The Morgan fingerprint density at radius 3 is 2.75 bits per heavy atom. The van der Waals surface area contributed by atoms with Crippen molar-refractivity contribution in [1.29, 1.82) is 0 Å². The van der Waals surface area contributed by atoms with Crippen molar-refractivity contribution in [3.63, 3.8) is 0 Å². The molecule has 1 saturated carbocycles. The van der Waals surface area contributed by atoms with E-state index in [0.29, 0.717) is 6.61 Å². The molecule has 2 aromatic rings. The molecule has 0 radical (unpaired) electrons. The summed E-state index contributed by atoms with van der Waals surface area (Å²) in [4.78, 5) is 12.6. The molecule has 4 nitrogen and oxygen atoms in total. The molecular formula is C19H20FNO3. The summed E-state index contributed by atoms with van der Waals surface area (Å²) in [6.45, 7) is 0.705. The Kier molecular flexibility index (Phi) is 4.10. The first-order valence-electron chi connectivity index (χ1n) is 8.43. The lowest BCUT2D eigenvalue weighted by Crippen LogP contribution is -2.37. The van der Waals surface area contributed by atoms with Crippen LogP contribution in [-0.2, 0) is 9.53 Å². The predicted molar refractivity (Wildman–Crippen MR) is 85.8 cm³/mol. The minimum absolute atomic E-state index is 0.0150. The van der Waals surface area contributed by atoms with Gasteiger partial charge in [0.1, 0.15) is 11.6 Å². The average Bonchev–Trinajstić information content (AvgIpc) is 3.02. The highest BCUT2D eigenvalue weighted by Crippen LogP contribution is 2.48. The van der Waals surface area contributed by atoms with E-state index in [1.165, 1.54) is 12.1 Å². The normalized spacial score (nSPS) is 27.0. The molecule has 1 saturated heterocycles. The summed E-state index contributed by atoms with van der Waals surface area (Å²) in [5, 5.41) is 3.12. The van der Waals surface area contributed by atoms with Crippen LogP contribution in [0.5, 0.6) is 0 Å². The van der Waals surface area contributed by atoms with Crippen LogP contribution in [0, 0.1) is 11.7 Å². The summed E-state index contributed by atoms with van der Waals surface area (Å²) in [6, 6.07) is 9.81. The van der Waals surface area contributed by atoms with Gasteiger partial charge in [0.25, 0.3) is 0 Å². The van der Waals surface area contributed by atoms with E-state index in [2.05, 4.69) is 5.32 Å². The quantitative estimate of drug-likeness (QED) is 0.912. The fourth-order valence-electron chi connectivity index (χ4n) is 3.49. The van der Waals surface area contributed by atoms with E-state index in [1.54, 1.807) is 18.4 Å². The molecule has 1 aromatic carbocycles. The van der Waals surface area contributed by atoms with E-state index in [0.717, 1.165) is 30.6 Å². The highest BCUT2D eigenvalue weighted by molar-refractivity contribution is 5.83. The summed E-state index contributed by atoms with van der Waals surface area (Å²) in [5.41, 5.74) is 0.881.